The molecule has 0 spiro atoms. The van der Waals surface area contributed by atoms with Crippen molar-refractivity contribution in [3.05, 3.63) is 60.5 Å². The van der Waals surface area contributed by atoms with Gasteiger partial charge in [0.1, 0.15) is 11.5 Å². The van der Waals surface area contributed by atoms with Crippen LogP contribution in [0, 0.1) is 0 Å². The van der Waals surface area contributed by atoms with E-state index >= 15 is 0 Å². The van der Waals surface area contributed by atoms with Crippen molar-refractivity contribution < 1.29 is 18.8 Å². The van der Waals surface area contributed by atoms with Gasteiger partial charge in [-0.2, -0.15) is 4.98 Å². The summed E-state index contributed by atoms with van der Waals surface area (Å²) < 4.78 is 16.1. The van der Waals surface area contributed by atoms with Crippen molar-refractivity contribution in [1.29, 1.82) is 0 Å². The molecule has 1 atom stereocenters. The predicted molar refractivity (Wildman–Crippen MR) is 99.3 cm³/mol. The number of benzene rings is 2. The maximum Gasteiger partial charge on any atom is 0.261 e. The van der Waals surface area contributed by atoms with E-state index in [0.29, 0.717) is 29.6 Å². The summed E-state index contributed by atoms with van der Waals surface area (Å²) in [6, 6.07) is 16.6. The van der Waals surface area contributed by atoms with E-state index in [9.17, 15) is 4.79 Å². The van der Waals surface area contributed by atoms with E-state index in [2.05, 4.69) is 15.5 Å². The van der Waals surface area contributed by atoms with Crippen LogP contribution in [-0.4, -0.2) is 29.3 Å². The largest absolute Gasteiger partial charge is 0.497 e. The Morgan fingerprint density at radius 1 is 1.15 bits per heavy atom. The lowest BCUT2D eigenvalue weighted by molar-refractivity contribution is -0.128. The lowest BCUT2D eigenvalue weighted by atomic mass is 10.2. The van der Waals surface area contributed by atoms with Crippen LogP contribution >= 0.6 is 0 Å². The van der Waals surface area contributed by atoms with Crippen molar-refractivity contribution in [1.82, 2.24) is 15.5 Å². The number of nitrogens with zero attached hydrogens (tertiary/aromatic N) is 2. The molecule has 0 aliphatic heterocycles. The fraction of sp³-hybridized carbons (Fsp3) is 0.250. The van der Waals surface area contributed by atoms with Gasteiger partial charge in [0.25, 0.3) is 5.91 Å². The van der Waals surface area contributed by atoms with Crippen LogP contribution in [0.25, 0.3) is 11.4 Å². The molecule has 0 fully saturated rings. The van der Waals surface area contributed by atoms with Crippen LogP contribution in [0.1, 0.15) is 19.2 Å². The molecule has 0 radical (unpaired) electrons. The highest BCUT2D eigenvalue weighted by atomic mass is 16.5. The topological polar surface area (TPSA) is 86.5 Å². The molecule has 7 heteroatoms. The summed E-state index contributed by atoms with van der Waals surface area (Å²) >= 11 is 0. The molecular formula is C20H21N3O4. The Balaban J connectivity index is 1.58. The number of hydrogen-bond acceptors (Lipinski definition) is 6. The molecule has 1 unspecified atom stereocenters. The Morgan fingerprint density at radius 3 is 2.67 bits per heavy atom. The molecule has 0 bridgehead atoms. The van der Waals surface area contributed by atoms with Crippen LogP contribution in [0.3, 0.4) is 0 Å². The average molecular weight is 367 g/mol. The monoisotopic (exact) mass is 367 g/mol. The molecular weight excluding hydrogens is 346 g/mol. The van der Waals surface area contributed by atoms with Gasteiger partial charge < -0.3 is 19.3 Å². The Morgan fingerprint density at radius 2 is 1.93 bits per heavy atom. The van der Waals surface area contributed by atoms with Crippen LogP contribution in [0.4, 0.5) is 0 Å². The van der Waals surface area contributed by atoms with Gasteiger partial charge in [0, 0.05) is 11.6 Å². The first kappa shape index (κ1) is 18.4. The summed E-state index contributed by atoms with van der Waals surface area (Å²) in [5.41, 5.74) is 0.853. The first-order valence-corrected chi connectivity index (χ1v) is 8.66. The molecule has 0 aliphatic rings. The normalized spacial score (nSPS) is 11.6. The molecule has 3 aromatic rings. The molecule has 1 aromatic heterocycles. The van der Waals surface area contributed by atoms with Crippen molar-refractivity contribution in [2.24, 2.45) is 0 Å². The van der Waals surface area contributed by atoms with Crippen LogP contribution < -0.4 is 14.8 Å². The first-order chi connectivity index (χ1) is 13.2. The molecule has 2 aromatic carbocycles. The molecule has 0 saturated heterocycles. The molecule has 1 N–H and O–H groups in total. The van der Waals surface area contributed by atoms with E-state index < -0.39 is 6.10 Å². The number of methoxy groups -OCH3 is 1. The van der Waals surface area contributed by atoms with Gasteiger partial charge in [-0.3, -0.25) is 4.79 Å². The van der Waals surface area contributed by atoms with Crippen LogP contribution in [0.2, 0.25) is 0 Å². The molecule has 140 valence electrons. The third-order valence-electron chi connectivity index (χ3n) is 3.90. The lowest BCUT2D eigenvalue weighted by Gasteiger charge is -2.17. The molecule has 0 saturated carbocycles. The van der Waals surface area contributed by atoms with Crippen molar-refractivity contribution >= 4 is 5.91 Å². The standard InChI is InChI=1S/C20H21N3O4/c1-3-17(26-16-11-7-10-15(12-16)25-2)20(24)21-13-18-22-19(23-27-18)14-8-5-4-6-9-14/h4-12,17H,3,13H2,1-2H3,(H,21,24). The van der Waals surface area contributed by atoms with Crippen molar-refractivity contribution in [2.45, 2.75) is 26.0 Å². The van der Waals surface area contributed by atoms with Crippen molar-refractivity contribution in [2.75, 3.05) is 7.11 Å². The fourth-order valence-corrected chi connectivity index (χ4v) is 2.47. The van der Waals surface area contributed by atoms with Gasteiger partial charge in [-0.25, -0.2) is 0 Å². The highest BCUT2D eigenvalue weighted by Crippen LogP contribution is 2.21. The van der Waals surface area contributed by atoms with Gasteiger partial charge in [-0.1, -0.05) is 48.5 Å². The second-order valence-corrected chi connectivity index (χ2v) is 5.79. The van der Waals surface area contributed by atoms with E-state index in [1.54, 1.807) is 19.2 Å². The number of rotatable bonds is 8. The zero-order valence-corrected chi connectivity index (χ0v) is 15.2. The number of hydrogen-bond donors (Lipinski definition) is 1. The second kappa shape index (κ2) is 8.84. The third kappa shape index (κ3) is 4.84. The van der Waals surface area contributed by atoms with Gasteiger partial charge in [0.15, 0.2) is 6.10 Å². The molecule has 27 heavy (non-hydrogen) atoms. The zero-order chi connectivity index (χ0) is 19.1. The molecule has 1 heterocycles. The Hall–Kier alpha value is -3.35. The summed E-state index contributed by atoms with van der Waals surface area (Å²) in [4.78, 5) is 16.7. The Labute approximate surface area is 157 Å². The van der Waals surface area contributed by atoms with Crippen LogP contribution in [0.5, 0.6) is 11.5 Å². The van der Waals surface area contributed by atoms with E-state index in [1.807, 2.05) is 49.4 Å². The maximum atomic E-state index is 12.4. The molecule has 1 amide bonds. The summed E-state index contributed by atoms with van der Waals surface area (Å²) in [5.74, 6) is 1.81. The quantitative estimate of drug-likeness (QED) is 0.658. The van der Waals surface area contributed by atoms with Gasteiger partial charge in [0.2, 0.25) is 11.7 Å². The summed E-state index contributed by atoms with van der Waals surface area (Å²) in [7, 11) is 1.58. The third-order valence-corrected chi connectivity index (χ3v) is 3.90. The van der Waals surface area contributed by atoms with Crippen LogP contribution in [0.15, 0.2) is 59.1 Å². The lowest BCUT2D eigenvalue weighted by Crippen LogP contribution is -2.37. The minimum absolute atomic E-state index is 0.136. The van der Waals surface area contributed by atoms with Gasteiger partial charge in [-0.05, 0) is 18.6 Å². The molecule has 0 aliphatic carbocycles. The highest BCUT2D eigenvalue weighted by Gasteiger charge is 2.19. The van der Waals surface area contributed by atoms with E-state index in [4.69, 9.17) is 14.0 Å². The predicted octanol–water partition coefficient (Wildman–Crippen LogP) is 3.22. The minimum Gasteiger partial charge on any atom is -0.497 e. The zero-order valence-electron chi connectivity index (χ0n) is 15.2. The number of ether oxygens (including phenoxy) is 2. The van der Waals surface area contributed by atoms with Gasteiger partial charge >= 0.3 is 0 Å². The van der Waals surface area contributed by atoms with Gasteiger partial charge in [-0.15, -0.1) is 0 Å². The highest BCUT2D eigenvalue weighted by molar-refractivity contribution is 5.81. The van der Waals surface area contributed by atoms with Crippen molar-refractivity contribution in [3.8, 4) is 22.9 Å². The number of carbonyl (C=O) groups is 1. The van der Waals surface area contributed by atoms with E-state index in [0.717, 1.165) is 5.56 Å². The van der Waals surface area contributed by atoms with Crippen molar-refractivity contribution in [3.63, 3.8) is 0 Å². The number of carbonyl (C=O) groups excluding carboxylic acids is 1. The van der Waals surface area contributed by atoms with E-state index in [-0.39, 0.29) is 12.5 Å². The SMILES string of the molecule is CCC(Oc1cccc(OC)c1)C(=O)NCc1nc(-c2ccccc2)no1. The fourth-order valence-electron chi connectivity index (χ4n) is 2.47. The number of aromatic nitrogens is 2. The number of amides is 1. The smallest absolute Gasteiger partial charge is 0.261 e. The minimum atomic E-state index is -0.631. The van der Waals surface area contributed by atoms with Gasteiger partial charge in [0.05, 0.1) is 13.7 Å². The number of nitrogens with one attached hydrogen (secondary N) is 1. The maximum absolute atomic E-state index is 12.4. The summed E-state index contributed by atoms with van der Waals surface area (Å²) in [6.45, 7) is 2.02. The first-order valence-electron chi connectivity index (χ1n) is 8.66. The molecule has 7 nitrogen and oxygen atoms in total. The molecule has 3 rings (SSSR count). The summed E-state index contributed by atoms with van der Waals surface area (Å²) in [6.07, 6.45) is -0.115. The van der Waals surface area contributed by atoms with E-state index in [1.165, 1.54) is 0 Å². The summed E-state index contributed by atoms with van der Waals surface area (Å²) in [5, 5.41) is 6.71. The second-order valence-electron chi connectivity index (χ2n) is 5.79. The average Bonchev–Trinajstić information content (AvgIpc) is 3.20. The van der Waals surface area contributed by atoms with Crippen LogP contribution in [-0.2, 0) is 11.3 Å². The Bertz CT molecular complexity index is 880. The Kier molecular flexibility index (Phi) is 6.04.